The molecular formula is C16H24N3O2+. The zero-order valence-electron chi connectivity index (χ0n) is 13.2. The molecule has 0 aliphatic carbocycles. The fourth-order valence-corrected chi connectivity index (χ4v) is 3.48. The maximum Gasteiger partial charge on any atom is 0.270 e. The summed E-state index contributed by atoms with van der Waals surface area (Å²) in [5.74, 6) is 0. The number of nitrogens with two attached hydrogens (primary N) is 1. The van der Waals surface area contributed by atoms with Gasteiger partial charge in [-0.2, -0.15) is 0 Å². The van der Waals surface area contributed by atoms with E-state index in [0.717, 1.165) is 18.4 Å². The number of nitro groups is 1. The molecule has 1 aliphatic heterocycles. The van der Waals surface area contributed by atoms with E-state index in [1.807, 2.05) is 6.07 Å². The lowest BCUT2D eigenvalue weighted by molar-refractivity contribution is -0.787. The first kappa shape index (κ1) is 15.6. The van der Waals surface area contributed by atoms with Gasteiger partial charge in [-0.05, 0) is 33.3 Å². The van der Waals surface area contributed by atoms with Crippen LogP contribution in [0.25, 0.3) is 0 Å². The Labute approximate surface area is 125 Å². The van der Waals surface area contributed by atoms with Gasteiger partial charge in [0.2, 0.25) is 0 Å². The van der Waals surface area contributed by atoms with E-state index < -0.39 is 0 Å². The Morgan fingerprint density at radius 2 is 1.90 bits per heavy atom. The minimum Gasteiger partial charge on any atom is -0.337 e. The van der Waals surface area contributed by atoms with E-state index in [2.05, 4.69) is 38.0 Å². The summed E-state index contributed by atoms with van der Waals surface area (Å²) in [6.07, 6.45) is 3.80. The molecule has 0 radical (unpaired) electrons. The Bertz CT molecular complexity index is 548. The van der Waals surface area contributed by atoms with Crippen LogP contribution in [0.4, 0.5) is 5.69 Å². The minimum atomic E-state index is -0.376. The van der Waals surface area contributed by atoms with E-state index in [9.17, 15) is 10.1 Å². The highest BCUT2D eigenvalue weighted by Gasteiger charge is 2.41. The molecule has 0 unspecified atom stereocenters. The molecule has 0 atom stereocenters. The summed E-state index contributed by atoms with van der Waals surface area (Å²) in [7, 11) is 0. The maximum absolute atomic E-state index is 10.8. The second-order valence-corrected chi connectivity index (χ2v) is 7.31. The zero-order chi connectivity index (χ0) is 15.7. The van der Waals surface area contributed by atoms with Crippen LogP contribution < -0.4 is 5.32 Å². The summed E-state index contributed by atoms with van der Waals surface area (Å²) in [5.41, 5.74) is 1.24. The number of rotatable bonds is 3. The quantitative estimate of drug-likeness (QED) is 0.527. The van der Waals surface area contributed by atoms with Crippen LogP contribution in [0.5, 0.6) is 0 Å². The maximum atomic E-state index is 10.8. The third kappa shape index (κ3) is 4.36. The average Bonchev–Trinajstić information content (AvgIpc) is 2.33. The third-order valence-electron chi connectivity index (χ3n) is 3.82. The highest BCUT2D eigenvalue weighted by Crippen LogP contribution is 2.24. The zero-order valence-corrected chi connectivity index (χ0v) is 13.2. The van der Waals surface area contributed by atoms with E-state index in [0.29, 0.717) is 0 Å². The van der Waals surface area contributed by atoms with Crippen LogP contribution in [0.3, 0.4) is 0 Å². The van der Waals surface area contributed by atoms with Crippen molar-refractivity contribution in [2.45, 2.75) is 57.7 Å². The van der Waals surface area contributed by atoms with Crippen molar-refractivity contribution in [3.05, 3.63) is 39.9 Å². The van der Waals surface area contributed by atoms with Gasteiger partial charge < -0.3 is 5.32 Å². The molecule has 1 aliphatic rings. The highest BCUT2D eigenvalue weighted by molar-refractivity contribution is 5.80. The van der Waals surface area contributed by atoms with E-state index in [-0.39, 0.29) is 27.7 Å². The lowest BCUT2D eigenvalue weighted by Crippen LogP contribution is -3.05. The van der Waals surface area contributed by atoms with Gasteiger partial charge >= 0.3 is 0 Å². The molecule has 0 bridgehead atoms. The molecule has 1 aromatic carbocycles. The molecule has 0 aromatic heterocycles. The molecule has 0 saturated carbocycles. The molecule has 5 nitrogen and oxygen atoms in total. The topological polar surface area (TPSA) is 72.1 Å². The normalized spacial score (nSPS) is 21.5. The third-order valence-corrected chi connectivity index (χ3v) is 3.82. The molecule has 21 heavy (non-hydrogen) atoms. The van der Waals surface area contributed by atoms with Gasteiger partial charge in [0.25, 0.3) is 5.69 Å². The summed E-state index contributed by atoms with van der Waals surface area (Å²) in [6.45, 7) is 8.96. The molecule has 1 heterocycles. The van der Waals surface area contributed by atoms with E-state index >= 15 is 0 Å². The van der Waals surface area contributed by atoms with Crippen LogP contribution in [0.1, 0.15) is 46.1 Å². The molecule has 0 amide bonds. The van der Waals surface area contributed by atoms with Crippen LogP contribution in [0.2, 0.25) is 0 Å². The average molecular weight is 290 g/mol. The van der Waals surface area contributed by atoms with Crippen molar-refractivity contribution in [2.75, 3.05) is 0 Å². The molecule has 2 N–H and O–H groups in total. The SMILES string of the molecule is CC1(C)CC(N=Cc2cccc([N+](=O)[O-])c2)CC(C)(C)[NH2+]1. The lowest BCUT2D eigenvalue weighted by Gasteiger charge is -2.41. The van der Waals surface area contributed by atoms with Crippen LogP contribution in [-0.4, -0.2) is 28.3 Å². The van der Waals surface area contributed by atoms with Gasteiger partial charge in [-0.15, -0.1) is 0 Å². The van der Waals surface area contributed by atoms with E-state index in [1.165, 1.54) is 6.07 Å². The number of non-ortho nitro benzene ring substituents is 1. The van der Waals surface area contributed by atoms with Crippen LogP contribution in [-0.2, 0) is 0 Å². The molecule has 0 spiro atoms. The lowest BCUT2D eigenvalue weighted by atomic mass is 9.80. The number of aliphatic imine (C=N–C) groups is 1. The van der Waals surface area contributed by atoms with Crippen molar-refractivity contribution in [3.8, 4) is 0 Å². The van der Waals surface area contributed by atoms with Crippen molar-refractivity contribution in [2.24, 2.45) is 4.99 Å². The summed E-state index contributed by atoms with van der Waals surface area (Å²) in [4.78, 5) is 15.1. The van der Waals surface area contributed by atoms with Crippen LogP contribution in [0, 0.1) is 10.1 Å². The Hall–Kier alpha value is -1.75. The van der Waals surface area contributed by atoms with Crippen molar-refractivity contribution in [3.63, 3.8) is 0 Å². The summed E-state index contributed by atoms with van der Waals surface area (Å²) in [6, 6.07) is 6.87. The van der Waals surface area contributed by atoms with Gasteiger partial charge in [0.15, 0.2) is 0 Å². The Balaban J connectivity index is 2.13. The van der Waals surface area contributed by atoms with Crippen molar-refractivity contribution < 1.29 is 10.2 Å². The number of benzene rings is 1. The number of quaternary nitrogens is 1. The summed E-state index contributed by atoms with van der Waals surface area (Å²) >= 11 is 0. The van der Waals surface area contributed by atoms with Crippen molar-refractivity contribution in [1.29, 1.82) is 0 Å². The molecule has 1 aromatic rings. The summed E-state index contributed by atoms with van der Waals surface area (Å²) < 4.78 is 0. The molecule has 2 rings (SSSR count). The molecule has 5 heteroatoms. The van der Waals surface area contributed by atoms with Gasteiger partial charge in [0, 0.05) is 31.2 Å². The second-order valence-electron chi connectivity index (χ2n) is 7.31. The first-order valence-electron chi connectivity index (χ1n) is 7.32. The Kier molecular flexibility index (Phi) is 4.14. The smallest absolute Gasteiger partial charge is 0.270 e. The predicted octanol–water partition coefficient (Wildman–Crippen LogP) is 2.30. The number of nitrogens with zero attached hydrogens (tertiary/aromatic N) is 2. The van der Waals surface area contributed by atoms with Crippen LogP contribution >= 0.6 is 0 Å². The van der Waals surface area contributed by atoms with Gasteiger partial charge in [-0.3, -0.25) is 15.1 Å². The van der Waals surface area contributed by atoms with Gasteiger partial charge in [-0.25, -0.2) is 0 Å². The standard InChI is InChI=1S/C16H23N3O2/c1-15(2)9-13(10-16(3,4)18-15)17-11-12-6-5-7-14(8-12)19(20)21/h5-8,11,13,18H,9-10H2,1-4H3/p+1. The highest BCUT2D eigenvalue weighted by atomic mass is 16.6. The fourth-order valence-electron chi connectivity index (χ4n) is 3.48. The predicted molar refractivity (Wildman–Crippen MR) is 83.8 cm³/mol. The number of nitro benzene ring substituents is 1. The summed E-state index contributed by atoms with van der Waals surface area (Å²) in [5, 5.41) is 13.2. The first-order valence-corrected chi connectivity index (χ1v) is 7.32. The molecular weight excluding hydrogens is 266 g/mol. The van der Waals surface area contributed by atoms with Crippen LogP contribution in [0.15, 0.2) is 29.3 Å². The first-order chi connectivity index (χ1) is 9.67. The number of hydrogen-bond donors (Lipinski definition) is 1. The van der Waals surface area contributed by atoms with Crippen molar-refractivity contribution in [1.82, 2.24) is 0 Å². The van der Waals surface area contributed by atoms with Gasteiger partial charge in [0.05, 0.1) is 22.0 Å². The molecule has 1 saturated heterocycles. The van der Waals surface area contributed by atoms with Gasteiger partial charge in [-0.1, -0.05) is 12.1 Å². The molecule has 1 fully saturated rings. The minimum absolute atomic E-state index is 0.108. The Morgan fingerprint density at radius 3 is 2.48 bits per heavy atom. The number of piperidine rings is 1. The monoisotopic (exact) mass is 290 g/mol. The second kappa shape index (κ2) is 5.56. The van der Waals surface area contributed by atoms with E-state index in [4.69, 9.17) is 0 Å². The fraction of sp³-hybridized carbons (Fsp3) is 0.562. The van der Waals surface area contributed by atoms with Gasteiger partial charge in [0.1, 0.15) is 0 Å². The van der Waals surface area contributed by atoms with Crippen molar-refractivity contribution >= 4 is 11.9 Å². The Morgan fingerprint density at radius 1 is 1.29 bits per heavy atom. The number of hydrogen-bond acceptors (Lipinski definition) is 3. The largest absolute Gasteiger partial charge is 0.337 e. The molecule has 114 valence electrons. The van der Waals surface area contributed by atoms with E-state index in [1.54, 1.807) is 18.3 Å².